The van der Waals surface area contributed by atoms with Gasteiger partial charge >= 0.3 is 0 Å². The number of aliphatic hydroxyl groups is 2. The summed E-state index contributed by atoms with van der Waals surface area (Å²) >= 11 is 0. The quantitative estimate of drug-likeness (QED) is 0.710. The zero-order chi connectivity index (χ0) is 11.6. The molecule has 1 aliphatic rings. The molecule has 0 aromatic heterocycles. The molecule has 90 valence electrons. The Morgan fingerprint density at radius 3 is 2.40 bits per heavy atom. The average Bonchev–Trinajstić information content (AvgIpc) is 2.38. The van der Waals surface area contributed by atoms with Gasteiger partial charge in [-0.15, -0.1) is 0 Å². The zero-order valence-corrected chi connectivity index (χ0v) is 9.64. The van der Waals surface area contributed by atoms with E-state index in [2.05, 4.69) is 0 Å². The topological polar surface area (TPSA) is 68.2 Å². The lowest BCUT2D eigenvalue weighted by Crippen LogP contribution is -2.36. The Hall–Kier alpha value is -0.200. The van der Waals surface area contributed by atoms with Crippen LogP contribution >= 0.6 is 0 Å². The van der Waals surface area contributed by atoms with E-state index in [0.29, 0.717) is 0 Å². The molecule has 1 rings (SSSR count). The summed E-state index contributed by atoms with van der Waals surface area (Å²) in [5.74, 6) is -0.659. The summed E-state index contributed by atoms with van der Waals surface area (Å²) < 4.78 is 16.4. The summed E-state index contributed by atoms with van der Waals surface area (Å²) in [6.45, 7) is 6.81. The van der Waals surface area contributed by atoms with Gasteiger partial charge in [-0.2, -0.15) is 0 Å². The van der Waals surface area contributed by atoms with Crippen LogP contribution in [0.2, 0.25) is 0 Å². The van der Waals surface area contributed by atoms with Crippen LogP contribution in [0.25, 0.3) is 0 Å². The molecule has 0 radical (unpaired) electrons. The van der Waals surface area contributed by atoms with Gasteiger partial charge in [-0.25, -0.2) is 0 Å². The number of aliphatic hydroxyl groups excluding tert-OH is 2. The van der Waals surface area contributed by atoms with Crippen LogP contribution in [-0.4, -0.2) is 47.2 Å². The summed E-state index contributed by atoms with van der Waals surface area (Å²) in [6.07, 6.45) is -2.07. The lowest BCUT2D eigenvalue weighted by atomic mass is 10.2. The van der Waals surface area contributed by atoms with Crippen molar-refractivity contribution in [1.29, 1.82) is 0 Å². The molecule has 1 unspecified atom stereocenters. The van der Waals surface area contributed by atoms with Gasteiger partial charge in [0.15, 0.2) is 12.1 Å². The highest BCUT2D eigenvalue weighted by atomic mass is 16.8. The summed E-state index contributed by atoms with van der Waals surface area (Å²) in [6, 6.07) is 0. The summed E-state index contributed by atoms with van der Waals surface area (Å²) in [7, 11) is 0. The van der Waals surface area contributed by atoms with Crippen molar-refractivity contribution in [3.05, 3.63) is 0 Å². The van der Waals surface area contributed by atoms with E-state index < -0.39 is 24.3 Å². The second kappa shape index (κ2) is 4.76. The van der Waals surface area contributed by atoms with Crippen molar-refractivity contribution in [2.75, 3.05) is 6.61 Å². The number of ether oxygens (including phenoxy) is 3. The third-order valence-corrected chi connectivity index (χ3v) is 2.33. The van der Waals surface area contributed by atoms with Gasteiger partial charge < -0.3 is 24.4 Å². The van der Waals surface area contributed by atoms with Gasteiger partial charge in [0.25, 0.3) is 0 Å². The largest absolute Gasteiger partial charge is 0.394 e. The van der Waals surface area contributed by atoms with Gasteiger partial charge in [-0.1, -0.05) is 0 Å². The fourth-order valence-corrected chi connectivity index (χ4v) is 1.50. The summed E-state index contributed by atoms with van der Waals surface area (Å²) in [5, 5.41) is 18.1. The molecule has 0 aliphatic carbocycles. The lowest BCUT2D eigenvalue weighted by Gasteiger charge is -2.23. The van der Waals surface area contributed by atoms with Crippen LogP contribution in [0.15, 0.2) is 0 Å². The normalized spacial score (nSPS) is 34.0. The van der Waals surface area contributed by atoms with Crippen molar-refractivity contribution < 1.29 is 24.4 Å². The molecule has 0 bridgehead atoms. The predicted molar refractivity (Wildman–Crippen MR) is 53.1 cm³/mol. The van der Waals surface area contributed by atoms with E-state index in [-0.39, 0.29) is 12.7 Å². The smallest absolute Gasteiger partial charge is 0.187 e. The molecule has 0 aromatic rings. The van der Waals surface area contributed by atoms with Crippen molar-refractivity contribution in [2.45, 2.75) is 58.1 Å². The number of hydrogen-bond acceptors (Lipinski definition) is 5. The van der Waals surface area contributed by atoms with E-state index >= 15 is 0 Å². The van der Waals surface area contributed by atoms with E-state index in [1.807, 2.05) is 6.92 Å². The Morgan fingerprint density at radius 1 is 1.40 bits per heavy atom. The van der Waals surface area contributed by atoms with Crippen LogP contribution in [0, 0.1) is 0 Å². The first kappa shape index (κ1) is 12.9. The van der Waals surface area contributed by atoms with Gasteiger partial charge in [-0.05, 0) is 27.7 Å². The molecule has 4 atom stereocenters. The van der Waals surface area contributed by atoms with E-state index in [1.54, 1.807) is 20.8 Å². The van der Waals surface area contributed by atoms with Crippen molar-refractivity contribution in [2.24, 2.45) is 0 Å². The van der Waals surface area contributed by atoms with Gasteiger partial charge in [0.2, 0.25) is 0 Å². The Balaban J connectivity index is 2.46. The first-order chi connectivity index (χ1) is 6.85. The molecule has 1 fully saturated rings. The van der Waals surface area contributed by atoms with Crippen LogP contribution in [0.3, 0.4) is 0 Å². The van der Waals surface area contributed by atoms with E-state index in [0.717, 1.165) is 0 Å². The van der Waals surface area contributed by atoms with Crippen LogP contribution in [0.5, 0.6) is 0 Å². The molecule has 0 saturated carbocycles. The molecule has 1 aliphatic heterocycles. The van der Waals surface area contributed by atoms with E-state index in [9.17, 15) is 5.11 Å². The van der Waals surface area contributed by atoms with Crippen molar-refractivity contribution in [3.8, 4) is 0 Å². The highest BCUT2D eigenvalue weighted by molar-refractivity contribution is 4.74. The molecule has 0 spiro atoms. The minimum Gasteiger partial charge on any atom is -0.394 e. The van der Waals surface area contributed by atoms with E-state index in [1.165, 1.54) is 0 Å². The molecule has 1 heterocycles. The van der Waals surface area contributed by atoms with Crippen LogP contribution in [-0.2, 0) is 14.2 Å². The van der Waals surface area contributed by atoms with Crippen LogP contribution in [0.1, 0.15) is 27.7 Å². The molecular formula is C10H20O5. The summed E-state index contributed by atoms with van der Waals surface area (Å²) in [5.41, 5.74) is 0. The van der Waals surface area contributed by atoms with Gasteiger partial charge in [0.1, 0.15) is 12.2 Å². The molecular weight excluding hydrogens is 200 g/mol. The number of rotatable bonds is 4. The molecule has 15 heavy (non-hydrogen) atoms. The molecule has 5 nitrogen and oxygen atoms in total. The van der Waals surface area contributed by atoms with E-state index in [4.69, 9.17) is 19.3 Å². The Bertz CT molecular complexity index is 206. The van der Waals surface area contributed by atoms with Gasteiger partial charge in [-0.3, -0.25) is 0 Å². The maximum Gasteiger partial charge on any atom is 0.187 e. The minimum absolute atomic E-state index is 0.187. The molecule has 1 saturated heterocycles. The maximum absolute atomic E-state index is 9.33. The van der Waals surface area contributed by atoms with Crippen molar-refractivity contribution in [1.82, 2.24) is 0 Å². The van der Waals surface area contributed by atoms with Crippen LogP contribution in [0.4, 0.5) is 0 Å². The SMILES string of the molecule is C[C@H](O[C@@H]1OC(C)(C)O[C@@H]1C)C(O)CO. The third-order valence-electron chi connectivity index (χ3n) is 2.33. The first-order valence-electron chi connectivity index (χ1n) is 5.16. The highest BCUT2D eigenvalue weighted by Gasteiger charge is 2.40. The van der Waals surface area contributed by atoms with Crippen LogP contribution < -0.4 is 0 Å². The Kier molecular flexibility index (Phi) is 4.08. The fourth-order valence-electron chi connectivity index (χ4n) is 1.50. The Morgan fingerprint density at radius 2 is 2.00 bits per heavy atom. The second-order valence-corrected chi connectivity index (χ2v) is 4.30. The molecule has 0 aromatic carbocycles. The predicted octanol–water partition coefficient (Wildman–Crippen LogP) is 0.242. The first-order valence-corrected chi connectivity index (χ1v) is 5.16. The second-order valence-electron chi connectivity index (χ2n) is 4.30. The molecule has 5 heteroatoms. The monoisotopic (exact) mass is 220 g/mol. The third kappa shape index (κ3) is 3.39. The summed E-state index contributed by atoms with van der Waals surface area (Å²) in [4.78, 5) is 0. The molecule has 2 N–H and O–H groups in total. The molecule has 0 amide bonds. The number of hydrogen-bond donors (Lipinski definition) is 2. The minimum atomic E-state index is -0.899. The van der Waals surface area contributed by atoms with Gasteiger partial charge in [0, 0.05) is 0 Å². The average molecular weight is 220 g/mol. The fraction of sp³-hybridized carbons (Fsp3) is 1.00. The Labute approximate surface area is 89.9 Å². The zero-order valence-electron chi connectivity index (χ0n) is 9.64. The van der Waals surface area contributed by atoms with Crippen molar-refractivity contribution >= 4 is 0 Å². The van der Waals surface area contributed by atoms with Gasteiger partial charge in [0.05, 0.1) is 12.7 Å². The maximum atomic E-state index is 9.33. The standard InChI is InChI=1S/C10H20O5/c1-6(8(12)5-11)13-9-7(2)14-10(3,4)15-9/h6-9,11-12H,5H2,1-4H3/t6-,7+,8?,9+/m0/s1. The highest BCUT2D eigenvalue weighted by Crippen LogP contribution is 2.29. The lowest BCUT2D eigenvalue weighted by molar-refractivity contribution is -0.215. The van der Waals surface area contributed by atoms with Crippen molar-refractivity contribution in [3.63, 3.8) is 0 Å².